The average molecular weight is 572 g/mol. The molecule has 0 aliphatic carbocycles. The number of hydrogen-bond acceptors (Lipinski definition) is 7. The Morgan fingerprint density at radius 3 is 2.52 bits per heavy atom. The Balaban J connectivity index is 1.54. The first kappa shape index (κ1) is 28.0. The maximum absolute atomic E-state index is 16.2. The molecule has 0 bridgehead atoms. The third kappa shape index (κ3) is 5.55. The minimum atomic E-state index is -0.881. The molecule has 0 unspecified atom stereocenters. The van der Waals surface area contributed by atoms with E-state index in [1.807, 2.05) is 4.90 Å². The predicted molar refractivity (Wildman–Crippen MR) is 151 cm³/mol. The number of nitrogens with zero attached hydrogens (tertiary/aromatic N) is 5. The fourth-order valence-corrected chi connectivity index (χ4v) is 5.67. The lowest BCUT2D eigenvalue weighted by molar-refractivity contribution is -0.126. The fourth-order valence-electron chi connectivity index (χ4n) is 5.38. The molecule has 2 saturated heterocycles. The Hall–Kier alpha value is -3.50. The van der Waals surface area contributed by atoms with Crippen LogP contribution in [0.15, 0.2) is 36.9 Å². The van der Waals surface area contributed by atoms with Crippen molar-refractivity contribution in [1.29, 1.82) is 0 Å². The molecule has 0 spiro atoms. The van der Waals surface area contributed by atoms with Gasteiger partial charge in [0, 0.05) is 37.1 Å². The average Bonchev–Trinajstić information content (AvgIpc) is 2.97. The van der Waals surface area contributed by atoms with Gasteiger partial charge < -0.3 is 24.5 Å². The summed E-state index contributed by atoms with van der Waals surface area (Å²) in [5, 5.41) is 10.6. The lowest BCUT2D eigenvalue weighted by Crippen LogP contribution is -2.48. The Morgan fingerprint density at radius 1 is 1.15 bits per heavy atom. The third-order valence-electron chi connectivity index (χ3n) is 7.75. The molecule has 2 aliphatic rings. The van der Waals surface area contributed by atoms with E-state index in [9.17, 15) is 14.3 Å². The molecule has 1 aromatic heterocycles. The number of piperazine rings is 1. The van der Waals surface area contributed by atoms with Gasteiger partial charge in [-0.3, -0.25) is 4.79 Å². The number of fused-ring (bicyclic) bond motifs is 1. The van der Waals surface area contributed by atoms with Crippen molar-refractivity contribution in [1.82, 2.24) is 19.8 Å². The second kappa shape index (κ2) is 11.9. The van der Waals surface area contributed by atoms with Crippen LogP contribution >= 0.6 is 11.6 Å². The Bertz CT molecular complexity index is 1400. The van der Waals surface area contributed by atoms with E-state index >= 15 is 4.39 Å². The van der Waals surface area contributed by atoms with E-state index in [2.05, 4.69) is 28.4 Å². The zero-order valence-corrected chi connectivity index (χ0v) is 23.1. The minimum absolute atomic E-state index is 0.00921. The van der Waals surface area contributed by atoms with Gasteiger partial charge in [0.15, 0.2) is 5.82 Å². The first-order chi connectivity index (χ1) is 19.3. The molecule has 2 aromatic carbocycles. The van der Waals surface area contributed by atoms with E-state index in [-0.39, 0.29) is 33.6 Å². The van der Waals surface area contributed by atoms with E-state index in [0.717, 1.165) is 38.5 Å². The normalized spacial score (nSPS) is 16.9. The summed E-state index contributed by atoms with van der Waals surface area (Å²) in [6, 6.07) is 5.22. The van der Waals surface area contributed by atoms with Gasteiger partial charge >= 0.3 is 6.01 Å². The quantitative estimate of drug-likeness (QED) is 0.405. The molecule has 8 nitrogen and oxygen atoms in total. The van der Waals surface area contributed by atoms with Crippen LogP contribution in [0.25, 0.3) is 22.0 Å². The van der Waals surface area contributed by atoms with E-state index in [0.29, 0.717) is 49.9 Å². The molecule has 11 heteroatoms. The Labute approximate surface area is 236 Å². The van der Waals surface area contributed by atoms with Crippen LogP contribution in [-0.2, 0) is 4.79 Å². The van der Waals surface area contributed by atoms with Crippen LogP contribution in [0.4, 0.5) is 14.6 Å². The summed E-state index contributed by atoms with van der Waals surface area (Å²) in [7, 11) is 0. The highest BCUT2D eigenvalue weighted by atomic mass is 35.5. The van der Waals surface area contributed by atoms with Crippen LogP contribution < -0.4 is 9.64 Å². The number of likely N-dealkylation sites (tertiary alicyclic amines) is 1. The number of phenols is 1. The van der Waals surface area contributed by atoms with Crippen LogP contribution in [-0.4, -0.2) is 83.2 Å². The number of piperidine rings is 1. The van der Waals surface area contributed by atoms with Gasteiger partial charge in [-0.15, -0.1) is 0 Å². The largest absolute Gasteiger partial charge is 0.507 e. The van der Waals surface area contributed by atoms with Crippen molar-refractivity contribution in [3.05, 3.63) is 53.6 Å². The molecule has 0 atom stereocenters. The lowest BCUT2D eigenvalue weighted by Gasteiger charge is -2.35. The van der Waals surface area contributed by atoms with Gasteiger partial charge in [0.05, 0.1) is 17.2 Å². The van der Waals surface area contributed by atoms with Gasteiger partial charge in [0.1, 0.15) is 22.9 Å². The predicted octanol–water partition coefficient (Wildman–Crippen LogP) is 4.88. The van der Waals surface area contributed by atoms with Crippen LogP contribution in [0.1, 0.15) is 19.8 Å². The van der Waals surface area contributed by atoms with Gasteiger partial charge in [-0.1, -0.05) is 31.2 Å². The van der Waals surface area contributed by atoms with E-state index in [4.69, 9.17) is 16.3 Å². The third-order valence-corrected chi connectivity index (χ3v) is 8.05. The number of rotatable bonds is 7. The summed E-state index contributed by atoms with van der Waals surface area (Å²) in [6.45, 7) is 10.8. The molecular weight excluding hydrogens is 540 g/mol. The molecule has 5 rings (SSSR count). The van der Waals surface area contributed by atoms with Crippen LogP contribution in [0, 0.1) is 17.6 Å². The summed E-state index contributed by atoms with van der Waals surface area (Å²) >= 11 is 6.52. The maximum atomic E-state index is 16.2. The smallest absolute Gasteiger partial charge is 0.319 e. The number of aromatic hydroxyl groups is 1. The number of aromatic nitrogens is 2. The van der Waals surface area contributed by atoms with Crippen molar-refractivity contribution in [2.75, 3.05) is 57.3 Å². The molecule has 40 heavy (non-hydrogen) atoms. The second-order valence-electron chi connectivity index (χ2n) is 10.1. The van der Waals surface area contributed by atoms with Crippen LogP contribution in [0.2, 0.25) is 5.02 Å². The van der Waals surface area contributed by atoms with Crippen molar-refractivity contribution in [2.45, 2.75) is 19.8 Å². The number of hydrogen-bond donors (Lipinski definition) is 1. The highest BCUT2D eigenvalue weighted by Gasteiger charge is 2.28. The molecule has 1 N–H and O–H groups in total. The second-order valence-corrected chi connectivity index (χ2v) is 10.5. The maximum Gasteiger partial charge on any atom is 0.319 e. The Kier molecular flexibility index (Phi) is 8.37. The molecule has 3 heterocycles. The summed E-state index contributed by atoms with van der Waals surface area (Å²) in [6.07, 6.45) is 3.24. The molecule has 3 aromatic rings. The lowest BCUT2D eigenvalue weighted by atomic mass is 9.98. The van der Waals surface area contributed by atoms with Gasteiger partial charge in [-0.25, -0.2) is 8.78 Å². The van der Waals surface area contributed by atoms with Crippen LogP contribution in [0.5, 0.6) is 11.8 Å². The van der Waals surface area contributed by atoms with Gasteiger partial charge in [0.25, 0.3) is 0 Å². The SMILES string of the molecule is C=CC(=O)N1CCN(c2nc(OCC3CCN(CC)CC3)nc3c(F)c(-c4c(O)cccc4F)c(Cl)cc23)CC1. The number of halogens is 3. The number of phenolic OH excluding ortho intramolecular Hbond substituents is 1. The van der Waals surface area contributed by atoms with E-state index < -0.39 is 17.4 Å². The molecule has 0 saturated carbocycles. The molecule has 2 fully saturated rings. The molecule has 212 valence electrons. The summed E-state index contributed by atoms with van der Waals surface area (Å²) in [5.74, 6) is -1.56. The number of benzene rings is 2. The minimum Gasteiger partial charge on any atom is -0.507 e. The molecular formula is C29H32ClF2N5O3. The highest BCUT2D eigenvalue weighted by molar-refractivity contribution is 6.34. The standard InChI is InChI=1S/C29H32ClF2N5O3/c1-3-23(39)36-12-14-37(15-13-36)28-19-16-20(30)24(25-21(31)6-5-7-22(25)38)26(32)27(19)33-29(34-28)40-17-18-8-10-35(4-2)11-9-18/h3,5-7,16,18,38H,1,4,8-15,17H2,2H3. The first-order valence-electron chi connectivity index (χ1n) is 13.5. The topological polar surface area (TPSA) is 82.0 Å². The van der Waals surface area contributed by atoms with E-state index in [1.54, 1.807) is 4.90 Å². The Morgan fingerprint density at radius 2 is 1.88 bits per heavy atom. The highest BCUT2D eigenvalue weighted by Crippen LogP contribution is 2.42. The number of carbonyl (C=O) groups excluding carboxylic acids is 1. The number of ether oxygens (including phenoxy) is 1. The fraction of sp³-hybridized carbons (Fsp3) is 0.414. The summed E-state index contributed by atoms with van der Waals surface area (Å²) in [4.78, 5) is 27.1. The number of carbonyl (C=O) groups is 1. The first-order valence-corrected chi connectivity index (χ1v) is 13.9. The monoisotopic (exact) mass is 571 g/mol. The van der Waals surface area contributed by atoms with Crippen molar-refractivity contribution in [3.8, 4) is 22.9 Å². The van der Waals surface area contributed by atoms with Crippen molar-refractivity contribution >= 4 is 34.2 Å². The van der Waals surface area contributed by atoms with Crippen molar-refractivity contribution < 1.29 is 23.4 Å². The molecule has 1 amide bonds. The van der Waals surface area contributed by atoms with Crippen LogP contribution in [0.3, 0.4) is 0 Å². The summed E-state index contributed by atoms with van der Waals surface area (Å²) in [5.41, 5.74) is -0.713. The van der Waals surface area contributed by atoms with Gasteiger partial charge in [-0.05, 0) is 62.7 Å². The van der Waals surface area contributed by atoms with E-state index in [1.165, 1.54) is 24.3 Å². The zero-order valence-electron chi connectivity index (χ0n) is 22.4. The van der Waals surface area contributed by atoms with Gasteiger partial charge in [0.2, 0.25) is 5.91 Å². The zero-order chi connectivity index (χ0) is 28.4. The number of amides is 1. The van der Waals surface area contributed by atoms with Crippen molar-refractivity contribution in [2.24, 2.45) is 5.92 Å². The molecule has 0 radical (unpaired) electrons. The number of anilines is 1. The van der Waals surface area contributed by atoms with Gasteiger partial charge in [-0.2, -0.15) is 9.97 Å². The summed E-state index contributed by atoms with van der Waals surface area (Å²) < 4.78 is 37.0. The molecule has 2 aliphatic heterocycles. The van der Waals surface area contributed by atoms with Crippen molar-refractivity contribution in [3.63, 3.8) is 0 Å².